The number of aryl methyl sites for hydroxylation is 1. The van der Waals surface area contributed by atoms with Crippen molar-refractivity contribution in [3.63, 3.8) is 0 Å². The molecule has 0 bridgehead atoms. The Bertz CT molecular complexity index is 594. The molecule has 2 nitrogen and oxygen atoms in total. The van der Waals surface area contributed by atoms with Gasteiger partial charge in [-0.2, -0.15) is 0 Å². The van der Waals surface area contributed by atoms with Crippen LogP contribution in [0.4, 0.5) is 0 Å². The van der Waals surface area contributed by atoms with Crippen LogP contribution in [-0.4, -0.2) is 24.0 Å². The van der Waals surface area contributed by atoms with E-state index in [9.17, 15) is 0 Å². The first-order valence-corrected chi connectivity index (χ1v) is 7.75. The summed E-state index contributed by atoms with van der Waals surface area (Å²) in [6.45, 7) is 1.67. The van der Waals surface area contributed by atoms with Gasteiger partial charge in [0, 0.05) is 18.6 Å². The van der Waals surface area contributed by atoms with E-state index in [4.69, 9.17) is 5.73 Å². The van der Waals surface area contributed by atoms with Gasteiger partial charge in [-0.3, -0.25) is 4.90 Å². The number of hydrogen-bond donors (Lipinski definition) is 1. The van der Waals surface area contributed by atoms with Crippen LogP contribution < -0.4 is 5.73 Å². The van der Waals surface area contributed by atoms with Crippen LogP contribution in [0.15, 0.2) is 54.6 Å². The van der Waals surface area contributed by atoms with Crippen molar-refractivity contribution in [2.75, 3.05) is 13.6 Å². The van der Waals surface area contributed by atoms with Crippen molar-refractivity contribution in [2.45, 2.75) is 31.3 Å². The van der Waals surface area contributed by atoms with Crippen LogP contribution in [-0.2, 0) is 19.4 Å². The summed E-state index contributed by atoms with van der Waals surface area (Å²) in [5.74, 6) is 0. The molecule has 0 fully saturated rings. The van der Waals surface area contributed by atoms with Crippen molar-refractivity contribution in [1.29, 1.82) is 0 Å². The summed E-state index contributed by atoms with van der Waals surface area (Å²) < 4.78 is 0. The van der Waals surface area contributed by atoms with Crippen molar-refractivity contribution < 1.29 is 0 Å². The van der Waals surface area contributed by atoms with E-state index in [-0.39, 0.29) is 5.54 Å². The first kappa shape index (κ1) is 14.3. The van der Waals surface area contributed by atoms with Gasteiger partial charge in [0.25, 0.3) is 0 Å². The molecular formula is C19H24N2. The Balaban J connectivity index is 1.81. The lowest BCUT2D eigenvalue weighted by Crippen LogP contribution is -2.55. The van der Waals surface area contributed by atoms with Crippen LogP contribution in [0, 0.1) is 0 Å². The van der Waals surface area contributed by atoms with Crippen molar-refractivity contribution in [3.05, 3.63) is 71.3 Å². The van der Waals surface area contributed by atoms with Gasteiger partial charge < -0.3 is 5.73 Å². The third-order valence-electron chi connectivity index (χ3n) is 4.95. The van der Waals surface area contributed by atoms with Gasteiger partial charge in [-0.15, -0.1) is 0 Å². The van der Waals surface area contributed by atoms with Crippen molar-refractivity contribution in [3.8, 4) is 0 Å². The predicted octanol–water partition coefficient (Wildman–Crippen LogP) is 3.00. The molecule has 2 N–H and O–H groups in total. The first-order chi connectivity index (χ1) is 10.2. The van der Waals surface area contributed by atoms with E-state index in [1.54, 1.807) is 0 Å². The van der Waals surface area contributed by atoms with E-state index in [1.807, 2.05) is 0 Å². The number of hydrogen-bond acceptors (Lipinski definition) is 2. The first-order valence-electron chi connectivity index (χ1n) is 7.75. The van der Waals surface area contributed by atoms with Crippen LogP contribution >= 0.6 is 0 Å². The second-order valence-corrected chi connectivity index (χ2v) is 6.22. The quantitative estimate of drug-likeness (QED) is 0.933. The minimum absolute atomic E-state index is 0.0875. The summed E-state index contributed by atoms with van der Waals surface area (Å²) in [5, 5.41) is 0. The fourth-order valence-corrected chi connectivity index (χ4v) is 3.46. The molecule has 3 rings (SSSR count). The Hall–Kier alpha value is -1.64. The Kier molecular flexibility index (Phi) is 4.09. The predicted molar refractivity (Wildman–Crippen MR) is 88.2 cm³/mol. The van der Waals surface area contributed by atoms with Crippen LogP contribution in [0.5, 0.6) is 0 Å². The molecular weight excluding hydrogens is 256 g/mol. The third kappa shape index (κ3) is 2.87. The third-order valence-corrected chi connectivity index (χ3v) is 4.95. The average Bonchev–Trinajstić information content (AvgIpc) is 2.55. The van der Waals surface area contributed by atoms with Gasteiger partial charge in [0.2, 0.25) is 0 Å². The Morgan fingerprint density at radius 2 is 1.67 bits per heavy atom. The molecule has 1 aliphatic carbocycles. The van der Waals surface area contributed by atoms with Crippen LogP contribution in [0.25, 0.3) is 0 Å². The standard InChI is InChI=1S/C19H24N2/c1-21(14-16-7-3-2-4-8-16)19(15-20)12-11-17-9-5-6-10-18(17)13-19/h2-10H,11-15,20H2,1H3/t19-/m0/s1. The molecule has 1 aliphatic rings. The molecule has 0 amide bonds. The number of likely N-dealkylation sites (N-methyl/N-ethyl adjacent to an activating group) is 1. The van der Waals surface area contributed by atoms with Gasteiger partial charge in [0.1, 0.15) is 0 Å². The molecule has 0 saturated heterocycles. The molecule has 21 heavy (non-hydrogen) atoms. The average molecular weight is 280 g/mol. The fraction of sp³-hybridized carbons (Fsp3) is 0.368. The molecule has 110 valence electrons. The minimum atomic E-state index is 0.0875. The Morgan fingerprint density at radius 3 is 2.38 bits per heavy atom. The summed E-state index contributed by atoms with van der Waals surface area (Å²) in [6, 6.07) is 19.5. The Morgan fingerprint density at radius 1 is 1.00 bits per heavy atom. The van der Waals surface area contributed by atoms with E-state index in [2.05, 4.69) is 66.5 Å². The summed E-state index contributed by atoms with van der Waals surface area (Å²) in [6.07, 6.45) is 3.33. The second kappa shape index (κ2) is 6.00. The van der Waals surface area contributed by atoms with Gasteiger partial charge in [-0.25, -0.2) is 0 Å². The maximum atomic E-state index is 6.21. The van der Waals surface area contributed by atoms with E-state index < -0.39 is 0 Å². The van der Waals surface area contributed by atoms with Gasteiger partial charge in [-0.05, 0) is 43.0 Å². The lowest BCUT2D eigenvalue weighted by atomic mass is 9.77. The van der Waals surface area contributed by atoms with Gasteiger partial charge >= 0.3 is 0 Å². The number of rotatable bonds is 4. The lowest BCUT2D eigenvalue weighted by Gasteiger charge is -2.44. The Labute approximate surface area is 127 Å². The monoisotopic (exact) mass is 280 g/mol. The van der Waals surface area contributed by atoms with E-state index in [1.165, 1.54) is 16.7 Å². The molecule has 2 heteroatoms. The molecule has 0 unspecified atom stereocenters. The molecule has 1 atom stereocenters. The summed E-state index contributed by atoms with van der Waals surface area (Å²) in [7, 11) is 2.22. The highest BCUT2D eigenvalue weighted by Crippen LogP contribution is 2.32. The molecule has 0 aromatic heterocycles. The molecule has 0 spiro atoms. The van der Waals surface area contributed by atoms with Crippen molar-refractivity contribution >= 4 is 0 Å². The molecule has 0 aliphatic heterocycles. The van der Waals surface area contributed by atoms with E-state index in [0.29, 0.717) is 6.54 Å². The smallest absolute Gasteiger partial charge is 0.0375 e. The zero-order chi connectivity index (χ0) is 14.7. The fourth-order valence-electron chi connectivity index (χ4n) is 3.46. The van der Waals surface area contributed by atoms with Gasteiger partial charge in [-0.1, -0.05) is 54.6 Å². The topological polar surface area (TPSA) is 29.3 Å². The maximum absolute atomic E-state index is 6.21. The number of nitrogens with two attached hydrogens (primary N) is 1. The molecule has 0 radical (unpaired) electrons. The SMILES string of the molecule is CN(Cc1ccccc1)[C@@]1(CN)CCc2ccccc2C1. The summed E-state index contributed by atoms with van der Waals surface area (Å²) in [4.78, 5) is 2.46. The second-order valence-electron chi connectivity index (χ2n) is 6.22. The van der Waals surface area contributed by atoms with Gasteiger partial charge in [0.15, 0.2) is 0 Å². The number of benzene rings is 2. The zero-order valence-electron chi connectivity index (χ0n) is 12.8. The minimum Gasteiger partial charge on any atom is -0.329 e. The lowest BCUT2D eigenvalue weighted by molar-refractivity contribution is 0.101. The van der Waals surface area contributed by atoms with Gasteiger partial charge in [0.05, 0.1) is 0 Å². The van der Waals surface area contributed by atoms with Crippen LogP contribution in [0.2, 0.25) is 0 Å². The van der Waals surface area contributed by atoms with Crippen LogP contribution in [0.3, 0.4) is 0 Å². The van der Waals surface area contributed by atoms with E-state index >= 15 is 0 Å². The summed E-state index contributed by atoms with van der Waals surface area (Å²) >= 11 is 0. The van der Waals surface area contributed by atoms with Crippen molar-refractivity contribution in [1.82, 2.24) is 4.90 Å². The highest BCUT2D eigenvalue weighted by molar-refractivity contribution is 5.32. The highest BCUT2D eigenvalue weighted by atomic mass is 15.2. The molecule has 0 heterocycles. The molecule has 2 aromatic rings. The number of fused-ring (bicyclic) bond motifs is 1. The van der Waals surface area contributed by atoms with E-state index in [0.717, 1.165) is 25.8 Å². The molecule has 2 aromatic carbocycles. The molecule has 0 saturated carbocycles. The van der Waals surface area contributed by atoms with Crippen molar-refractivity contribution in [2.24, 2.45) is 5.73 Å². The maximum Gasteiger partial charge on any atom is 0.0375 e. The highest BCUT2D eigenvalue weighted by Gasteiger charge is 2.36. The van der Waals surface area contributed by atoms with Crippen LogP contribution in [0.1, 0.15) is 23.1 Å². The summed E-state index contributed by atoms with van der Waals surface area (Å²) in [5.41, 5.74) is 10.6. The zero-order valence-corrected chi connectivity index (χ0v) is 12.8. The number of nitrogens with zero attached hydrogens (tertiary/aromatic N) is 1. The largest absolute Gasteiger partial charge is 0.329 e. The normalized spacial score (nSPS) is 21.3.